The number of ketones is 1. The maximum Gasteiger partial charge on any atom is 0.226 e. The number of methoxy groups -OCH3 is 1. The van der Waals surface area contributed by atoms with Gasteiger partial charge in [-0.1, -0.05) is 11.3 Å². The van der Waals surface area contributed by atoms with E-state index in [1.54, 1.807) is 20.1 Å². The van der Waals surface area contributed by atoms with E-state index in [0.717, 1.165) is 16.0 Å². The van der Waals surface area contributed by atoms with Gasteiger partial charge in [0.15, 0.2) is 10.9 Å². The van der Waals surface area contributed by atoms with E-state index in [4.69, 9.17) is 9.15 Å². The van der Waals surface area contributed by atoms with E-state index in [1.807, 2.05) is 18.2 Å². The minimum absolute atomic E-state index is 0.0399. The molecule has 0 spiro atoms. The summed E-state index contributed by atoms with van der Waals surface area (Å²) in [6, 6.07) is 7.28. The molecule has 0 radical (unpaired) electrons. The molecule has 0 aliphatic heterocycles. The molecule has 6 nitrogen and oxygen atoms in total. The number of rotatable bonds is 6. The van der Waals surface area contributed by atoms with E-state index in [1.165, 1.54) is 18.3 Å². The number of carbonyl (C=O) groups excluding carboxylic acids is 2. The third-order valence-electron chi connectivity index (χ3n) is 3.79. The predicted molar refractivity (Wildman–Crippen MR) is 96.6 cm³/mol. The molecule has 0 unspecified atom stereocenters. The summed E-state index contributed by atoms with van der Waals surface area (Å²) in [6.45, 7) is 3.24. The molecule has 3 aromatic rings. The number of hydrogen-bond acceptors (Lipinski definition) is 6. The summed E-state index contributed by atoms with van der Waals surface area (Å²) < 4.78 is 11.7. The highest BCUT2D eigenvalue weighted by molar-refractivity contribution is 7.22. The smallest absolute Gasteiger partial charge is 0.226 e. The lowest BCUT2D eigenvalue weighted by molar-refractivity contribution is -0.116. The molecule has 3 rings (SSSR count). The van der Waals surface area contributed by atoms with Crippen molar-refractivity contribution in [1.29, 1.82) is 0 Å². The fourth-order valence-electron chi connectivity index (χ4n) is 2.52. The fraction of sp³-hybridized carbons (Fsp3) is 0.278. The Bertz CT molecular complexity index is 942. The molecule has 2 aromatic heterocycles. The van der Waals surface area contributed by atoms with E-state index in [0.29, 0.717) is 28.6 Å². The van der Waals surface area contributed by atoms with Crippen LogP contribution in [0.15, 0.2) is 28.7 Å². The average Bonchev–Trinajstić information content (AvgIpc) is 3.14. The van der Waals surface area contributed by atoms with Crippen molar-refractivity contribution >= 4 is 38.4 Å². The van der Waals surface area contributed by atoms with Crippen molar-refractivity contribution in [2.45, 2.75) is 26.7 Å². The van der Waals surface area contributed by atoms with Crippen LogP contribution < -0.4 is 10.1 Å². The maximum atomic E-state index is 12.1. The van der Waals surface area contributed by atoms with Crippen LogP contribution in [0.25, 0.3) is 10.2 Å². The molecular weight excluding hydrogens is 340 g/mol. The van der Waals surface area contributed by atoms with E-state index in [9.17, 15) is 9.59 Å². The van der Waals surface area contributed by atoms with Crippen LogP contribution in [0.4, 0.5) is 5.13 Å². The number of Topliss-reactive ketones (excluding diaryl/α,β-unsaturated/α-hetero) is 1. The lowest BCUT2D eigenvalue weighted by Gasteiger charge is -1.99. The summed E-state index contributed by atoms with van der Waals surface area (Å²) in [4.78, 5) is 28.0. The Morgan fingerprint density at radius 3 is 2.80 bits per heavy atom. The van der Waals surface area contributed by atoms with Gasteiger partial charge in [-0.15, -0.1) is 0 Å². The molecule has 1 aromatic carbocycles. The molecule has 25 heavy (non-hydrogen) atoms. The molecule has 0 aliphatic carbocycles. The van der Waals surface area contributed by atoms with Gasteiger partial charge in [0.05, 0.1) is 22.9 Å². The van der Waals surface area contributed by atoms with Gasteiger partial charge in [-0.2, -0.15) is 0 Å². The van der Waals surface area contributed by atoms with Crippen LogP contribution in [0.3, 0.4) is 0 Å². The van der Waals surface area contributed by atoms with Gasteiger partial charge in [-0.25, -0.2) is 4.98 Å². The normalized spacial score (nSPS) is 10.8. The summed E-state index contributed by atoms with van der Waals surface area (Å²) in [5.41, 5.74) is 1.38. The number of nitrogens with zero attached hydrogens (tertiary/aromatic N) is 1. The number of benzene rings is 1. The Labute approximate surface area is 148 Å². The van der Waals surface area contributed by atoms with Crippen molar-refractivity contribution in [1.82, 2.24) is 4.98 Å². The Hall–Kier alpha value is -2.67. The Kier molecular flexibility index (Phi) is 4.85. The molecule has 0 aliphatic rings. The zero-order chi connectivity index (χ0) is 18.0. The first-order valence-corrected chi connectivity index (χ1v) is 8.62. The number of amides is 1. The summed E-state index contributed by atoms with van der Waals surface area (Å²) in [5.74, 6) is 1.78. The number of furan rings is 1. The predicted octanol–water partition coefficient (Wildman–Crippen LogP) is 3.98. The first kappa shape index (κ1) is 17.2. The molecular formula is C18H18N2O4S. The number of carbonyl (C=O) groups is 2. The van der Waals surface area contributed by atoms with E-state index >= 15 is 0 Å². The molecule has 1 amide bonds. The van der Waals surface area contributed by atoms with Gasteiger partial charge < -0.3 is 14.5 Å². The first-order chi connectivity index (χ1) is 12.0. The van der Waals surface area contributed by atoms with E-state index in [2.05, 4.69) is 10.3 Å². The minimum atomic E-state index is -0.149. The second kappa shape index (κ2) is 7.06. The Balaban J connectivity index is 1.62. The molecule has 0 saturated heterocycles. The Morgan fingerprint density at radius 2 is 2.12 bits per heavy atom. The number of aromatic nitrogens is 1. The first-order valence-electron chi connectivity index (χ1n) is 7.81. The zero-order valence-electron chi connectivity index (χ0n) is 14.2. The largest absolute Gasteiger partial charge is 0.497 e. The number of anilines is 1. The summed E-state index contributed by atoms with van der Waals surface area (Å²) in [5, 5.41) is 3.35. The van der Waals surface area contributed by atoms with E-state index in [-0.39, 0.29) is 18.1 Å². The van der Waals surface area contributed by atoms with Crippen molar-refractivity contribution in [3.63, 3.8) is 0 Å². The maximum absolute atomic E-state index is 12.1. The van der Waals surface area contributed by atoms with Crippen molar-refractivity contribution in [3.05, 3.63) is 41.3 Å². The summed E-state index contributed by atoms with van der Waals surface area (Å²) in [7, 11) is 1.61. The van der Waals surface area contributed by atoms with Gasteiger partial charge in [0, 0.05) is 12.8 Å². The second-order valence-electron chi connectivity index (χ2n) is 5.64. The fourth-order valence-corrected chi connectivity index (χ4v) is 3.43. The molecule has 0 saturated carbocycles. The highest BCUT2D eigenvalue weighted by atomic mass is 32.1. The lowest BCUT2D eigenvalue weighted by atomic mass is 10.1. The number of thiazole rings is 1. The van der Waals surface area contributed by atoms with Crippen LogP contribution in [-0.4, -0.2) is 23.8 Å². The number of aryl methyl sites for hydroxylation is 2. The number of fused-ring (bicyclic) bond motifs is 1. The standard InChI is InChI=1S/C18H18N2O4S/c1-10(21)14-8-13(24-11(14)2)5-7-17(22)20-18-19-15-6-4-12(23-3)9-16(15)25-18/h4,6,8-9H,5,7H2,1-3H3,(H,19,20,22). The number of ether oxygens (including phenoxy) is 1. The van der Waals surface area contributed by atoms with Gasteiger partial charge >= 0.3 is 0 Å². The minimum Gasteiger partial charge on any atom is -0.497 e. The molecule has 2 heterocycles. The van der Waals surface area contributed by atoms with Gasteiger partial charge in [0.1, 0.15) is 17.3 Å². The van der Waals surface area contributed by atoms with Crippen molar-refractivity contribution in [3.8, 4) is 5.75 Å². The van der Waals surface area contributed by atoms with Crippen LogP contribution in [0, 0.1) is 6.92 Å². The van der Waals surface area contributed by atoms with E-state index < -0.39 is 0 Å². The molecule has 1 N–H and O–H groups in total. The van der Waals surface area contributed by atoms with Gasteiger partial charge in [0.2, 0.25) is 5.91 Å². The molecule has 0 bridgehead atoms. The molecule has 7 heteroatoms. The average molecular weight is 358 g/mol. The zero-order valence-corrected chi connectivity index (χ0v) is 15.0. The lowest BCUT2D eigenvalue weighted by Crippen LogP contribution is -2.11. The summed E-state index contributed by atoms with van der Waals surface area (Å²) >= 11 is 1.40. The number of nitrogens with one attached hydrogen (secondary N) is 1. The van der Waals surface area contributed by atoms with Crippen molar-refractivity contribution in [2.75, 3.05) is 12.4 Å². The van der Waals surface area contributed by atoms with Gasteiger partial charge in [0.25, 0.3) is 0 Å². The highest BCUT2D eigenvalue weighted by Crippen LogP contribution is 2.29. The topological polar surface area (TPSA) is 81.4 Å². The SMILES string of the molecule is COc1ccc2nc(NC(=O)CCc3cc(C(C)=O)c(C)o3)sc2c1. The number of hydrogen-bond donors (Lipinski definition) is 1. The molecule has 0 atom stereocenters. The highest BCUT2D eigenvalue weighted by Gasteiger charge is 2.13. The third kappa shape index (κ3) is 3.88. The molecule has 130 valence electrons. The van der Waals surface area contributed by atoms with Crippen LogP contribution in [0.5, 0.6) is 5.75 Å². The van der Waals surface area contributed by atoms with Crippen LogP contribution >= 0.6 is 11.3 Å². The van der Waals surface area contributed by atoms with Gasteiger partial charge in [-0.3, -0.25) is 9.59 Å². The molecule has 0 fully saturated rings. The second-order valence-corrected chi connectivity index (χ2v) is 6.67. The van der Waals surface area contributed by atoms with Crippen LogP contribution in [0.2, 0.25) is 0 Å². The third-order valence-corrected chi connectivity index (χ3v) is 4.72. The van der Waals surface area contributed by atoms with Crippen molar-refractivity contribution < 1.29 is 18.7 Å². The van der Waals surface area contributed by atoms with Gasteiger partial charge in [-0.05, 0) is 38.1 Å². The van der Waals surface area contributed by atoms with Crippen molar-refractivity contribution in [2.24, 2.45) is 0 Å². The Morgan fingerprint density at radius 1 is 1.32 bits per heavy atom. The van der Waals surface area contributed by atoms with Crippen LogP contribution in [-0.2, 0) is 11.2 Å². The summed E-state index contributed by atoms with van der Waals surface area (Å²) in [6.07, 6.45) is 0.683. The quantitative estimate of drug-likeness (QED) is 0.674. The monoisotopic (exact) mass is 358 g/mol. The van der Waals surface area contributed by atoms with Crippen LogP contribution in [0.1, 0.15) is 35.2 Å².